The van der Waals surface area contributed by atoms with Gasteiger partial charge in [-0.2, -0.15) is 0 Å². The van der Waals surface area contributed by atoms with E-state index < -0.39 is 0 Å². The molecule has 4 heteroatoms. The molecule has 0 spiro atoms. The molecule has 0 bridgehead atoms. The van der Waals surface area contributed by atoms with E-state index in [-0.39, 0.29) is 6.04 Å². The summed E-state index contributed by atoms with van der Waals surface area (Å²) in [6.07, 6.45) is 3.75. The highest BCUT2D eigenvalue weighted by molar-refractivity contribution is 7.80. The highest BCUT2D eigenvalue weighted by Crippen LogP contribution is 2.13. The molecule has 0 fully saturated rings. The molecule has 3 nitrogen and oxygen atoms in total. The number of anilines is 1. The maximum Gasteiger partial charge on any atom is 0.115 e. The number of nitrogens with one attached hydrogen (secondary N) is 1. The van der Waals surface area contributed by atoms with E-state index in [2.05, 4.69) is 5.43 Å². The van der Waals surface area contributed by atoms with E-state index in [1.54, 1.807) is 0 Å². The summed E-state index contributed by atoms with van der Waals surface area (Å²) >= 11 is 5.08. The van der Waals surface area contributed by atoms with Crippen LogP contribution in [0, 0.1) is 0 Å². The lowest BCUT2D eigenvalue weighted by atomic mass is 10.2. The SMILES string of the molecule is NC1C=CN(c2ccccc2)NC1=S. The number of nitrogens with zero attached hydrogens (tertiary/aromatic N) is 1. The minimum Gasteiger partial charge on any atom is -0.319 e. The van der Waals surface area contributed by atoms with Crippen LogP contribution in [0.5, 0.6) is 0 Å². The van der Waals surface area contributed by atoms with Gasteiger partial charge in [0.2, 0.25) is 0 Å². The molecule has 0 aliphatic carbocycles. The molecule has 14 heavy (non-hydrogen) atoms. The Hall–Kier alpha value is -1.39. The third-order valence-corrected chi connectivity index (χ3v) is 2.37. The first-order valence-corrected chi connectivity index (χ1v) is 4.77. The fraction of sp³-hybridized carbons (Fsp3) is 0.100. The van der Waals surface area contributed by atoms with Crippen LogP contribution in [-0.4, -0.2) is 11.0 Å². The number of para-hydroxylation sites is 1. The van der Waals surface area contributed by atoms with E-state index in [1.807, 2.05) is 47.6 Å². The molecule has 72 valence electrons. The number of benzene rings is 1. The van der Waals surface area contributed by atoms with Crippen molar-refractivity contribution < 1.29 is 0 Å². The van der Waals surface area contributed by atoms with Gasteiger partial charge in [0, 0.05) is 6.20 Å². The number of hydrogen-bond donors (Lipinski definition) is 2. The van der Waals surface area contributed by atoms with E-state index >= 15 is 0 Å². The summed E-state index contributed by atoms with van der Waals surface area (Å²) in [5.41, 5.74) is 9.78. The van der Waals surface area contributed by atoms with Crippen molar-refractivity contribution in [1.29, 1.82) is 0 Å². The van der Waals surface area contributed by atoms with Gasteiger partial charge in [-0.25, -0.2) is 0 Å². The Morgan fingerprint density at radius 3 is 2.64 bits per heavy atom. The van der Waals surface area contributed by atoms with Gasteiger partial charge in [-0.1, -0.05) is 30.4 Å². The summed E-state index contributed by atoms with van der Waals surface area (Å²) < 4.78 is 0. The molecular weight excluding hydrogens is 194 g/mol. The zero-order valence-corrected chi connectivity index (χ0v) is 8.37. The van der Waals surface area contributed by atoms with Gasteiger partial charge in [0.25, 0.3) is 0 Å². The van der Waals surface area contributed by atoms with Crippen LogP contribution >= 0.6 is 12.2 Å². The van der Waals surface area contributed by atoms with E-state index in [0.717, 1.165) is 5.69 Å². The first-order valence-electron chi connectivity index (χ1n) is 4.36. The molecule has 2 rings (SSSR count). The third kappa shape index (κ3) is 1.76. The molecule has 3 N–H and O–H groups in total. The van der Waals surface area contributed by atoms with Crippen molar-refractivity contribution in [3.63, 3.8) is 0 Å². The molecule has 1 unspecified atom stereocenters. The molecule has 1 aromatic carbocycles. The Balaban J connectivity index is 2.22. The zero-order valence-electron chi connectivity index (χ0n) is 7.55. The lowest BCUT2D eigenvalue weighted by molar-refractivity contribution is 0.855. The van der Waals surface area contributed by atoms with Crippen molar-refractivity contribution in [2.45, 2.75) is 6.04 Å². The van der Waals surface area contributed by atoms with Crippen molar-refractivity contribution in [3.05, 3.63) is 42.6 Å². The normalized spacial score (nSPS) is 20.8. The van der Waals surface area contributed by atoms with Gasteiger partial charge in [-0.15, -0.1) is 0 Å². The summed E-state index contributed by atoms with van der Waals surface area (Å²) in [6, 6.07) is 9.74. The molecule has 0 saturated heterocycles. The van der Waals surface area contributed by atoms with Gasteiger partial charge in [0.15, 0.2) is 0 Å². The van der Waals surface area contributed by atoms with Gasteiger partial charge >= 0.3 is 0 Å². The molecule has 0 radical (unpaired) electrons. The number of rotatable bonds is 1. The Morgan fingerprint density at radius 2 is 2.00 bits per heavy atom. The van der Waals surface area contributed by atoms with Crippen LogP contribution in [0.3, 0.4) is 0 Å². The van der Waals surface area contributed by atoms with E-state index in [4.69, 9.17) is 18.0 Å². The summed E-state index contributed by atoms with van der Waals surface area (Å²) in [4.78, 5) is 0.636. The maximum atomic E-state index is 5.70. The van der Waals surface area contributed by atoms with Crippen LogP contribution in [0.1, 0.15) is 0 Å². The lowest BCUT2D eigenvalue weighted by Gasteiger charge is -2.28. The molecule has 0 saturated carbocycles. The topological polar surface area (TPSA) is 41.3 Å². The zero-order chi connectivity index (χ0) is 9.97. The van der Waals surface area contributed by atoms with Crippen LogP contribution in [0.15, 0.2) is 42.6 Å². The predicted octanol–water partition coefficient (Wildman–Crippen LogP) is 1.18. The second-order valence-electron chi connectivity index (χ2n) is 3.05. The van der Waals surface area contributed by atoms with Crippen molar-refractivity contribution >= 4 is 22.9 Å². The Bertz CT molecular complexity index is 361. The molecule has 0 amide bonds. The molecule has 1 aliphatic rings. The van der Waals surface area contributed by atoms with Crippen LogP contribution in [0.4, 0.5) is 5.69 Å². The fourth-order valence-electron chi connectivity index (χ4n) is 1.24. The van der Waals surface area contributed by atoms with Gasteiger partial charge in [0.1, 0.15) is 4.99 Å². The summed E-state index contributed by atoms with van der Waals surface area (Å²) in [5.74, 6) is 0. The second-order valence-corrected chi connectivity index (χ2v) is 3.49. The minimum atomic E-state index is -0.176. The number of nitrogens with two attached hydrogens (primary N) is 1. The fourth-order valence-corrected chi connectivity index (χ4v) is 1.41. The Kier molecular flexibility index (Phi) is 2.47. The second kappa shape index (κ2) is 3.77. The standard InChI is InChI=1S/C10H11N3S/c11-9-6-7-13(12-10(9)14)8-4-2-1-3-5-8/h1-7,9H,11H2,(H,12,14). The van der Waals surface area contributed by atoms with Crippen molar-refractivity contribution in [1.82, 2.24) is 5.43 Å². The summed E-state index contributed by atoms with van der Waals surface area (Å²) in [5, 5.41) is 1.85. The lowest BCUT2D eigenvalue weighted by Crippen LogP contribution is -2.49. The van der Waals surface area contributed by atoms with E-state index in [1.165, 1.54) is 0 Å². The molecule has 1 atom stereocenters. The van der Waals surface area contributed by atoms with Gasteiger partial charge in [0.05, 0.1) is 11.7 Å². The molecule has 1 aliphatic heterocycles. The predicted molar refractivity (Wildman–Crippen MR) is 61.8 cm³/mol. The van der Waals surface area contributed by atoms with Gasteiger partial charge in [-0.3, -0.25) is 10.4 Å². The summed E-state index contributed by atoms with van der Waals surface area (Å²) in [6.45, 7) is 0. The summed E-state index contributed by atoms with van der Waals surface area (Å²) in [7, 11) is 0. The average Bonchev–Trinajstić information content (AvgIpc) is 2.23. The molecular formula is C10H11N3S. The average molecular weight is 205 g/mol. The molecule has 0 aromatic heterocycles. The quantitative estimate of drug-likeness (QED) is 0.676. The van der Waals surface area contributed by atoms with Crippen LogP contribution in [0.25, 0.3) is 0 Å². The van der Waals surface area contributed by atoms with Gasteiger partial charge < -0.3 is 5.73 Å². The van der Waals surface area contributed by atoms with Crippen LogP contribution < -0.4 is 16.2 Å². The number of thiocarbonyl (C=S) groups is 1. The van der Waals surface area contributed by atoms with Crippen molar-refractivity contribution in [2.75, 3.05) is 5.01 Å². The molecule has 1 aromatic rings. The molecule has 1 heterocycles. The number of hydrazine groups is 1. The monoisotopic (exact) mass is 205 g/mol. The first kappa shape index (κ1) is 9.18. The highest BCUT2D eigenvalue weighted by atomic mass is 32.1. The van der Waals surface area contributed by atoms with Crippen molar-refractivity contribution in [3.8, 4) is 0 Å². The smallest absolute Gasteiger partial charge is 0.115 e. The van der Waals surface area contributed by atoms with E-state index in [9.17, 15) is 0 Å². The van der Waals surface area contributed by atoms with Crippen molar-refractivity contribution in [2.24, 2.45) is 5.73 Å². The number of hydrogen-bond acceptors (Lipinski definition) is 3. The highest BCUT2D eigenvalue weighted by Gasteiger charge is 2.14. The largest absolute Gasteiger partial charge is 0.319 e. The van der Waals surface area contributed by atoms with Gasteiger partial charge in [-0.05, 0) is 18.2 Å². The maximum absolute atomic E-state index is 5.70. The Labute approximate surface area is 88.2 Å². The van der Waals surface area contributed by atoms with Crippen LogP contribution in [-0.2, 0) is 0 Å². The van der Waals surface area contributed by atoms with Crippen LogP contribution in [0.2, 0.25) is 0 Å². The first-order chi connectivity index (χ1) is 6.77. The third-order valence-electron chi connectivity index (χ3n) is 2.01. The Morgan fingerprint density at radius 1 is 1.29 bits per heavy atom. The van der Waals surface area contributed by atoms with E-state index in [0.29, 0.717) is 4.99 Å². The minimum absolute atomic E-state index is 0.176.